The minimum atomic E-state index is 0. The first-order chi connectivity index (χ1) is 15.3. The molecule has 226 valence electrons. The van der Waals surface area contributed by atoms with Crippen LogP contribution in [0.1, 0.15) is 80.1 Å². The maximum Gasteiger partial charge on any atom is 0.0616 e. The van der Waals surface area contributed by atoms with E-state index in [0.717, 1.165) is 44.4 Å². The molecule has 8 nitrogen and oxygen atoms in total. The molecule has 3 aliphatic rings. The number of alkyl halides is 1. The number of ether oxygens (including phenoxy) is 1. The minimum Gasteiger partial charge on any atom is -0.412 e. The number of halogens is 1. The molecule has 37 heavy (non-hydrogen) atoms. The van der Waals surface area contributed by atoms with E-state index in [2.05, 4.69) is 50.1 Å². The van der Waals surface area contributed by atoms with Gasteiger partial charge in [0.1, 0.15) is 0 Å². The van der Waals surface area contributed by atoms with Crippen LogP contribution in [0, 0.1) is 29.1 Å². The van der Waals surface area contributed by atoms with Crippen molar-refractivity contribution >= 4 is 11.6 Å². The van der Waals surface area contributed by atoms with Crippen LogP contribution >= 0.6 is 11.6 Å². The second kappa shape index (κ2) is 19.7. The van der Waals surface area contributed by atoms with Crippen LogP contribution in [-0.4, -0.2) is 88.8 Å². The molecule has 3 unspecified atom stereocenters. The molecule has 0 spiro atoms. The van der Waals surface area contributed by atoms with Crippen LogP contribution in [0.3, 0.4) is 0 Å². The largest absolute Gasteiger partial charge is 0.412 e. The van der Waals surface area contributed by atoms with E-state index >= 15 is 0 Å². The van der Waals surface area contributed by atoms with Crippen molar-refractivity contribution in [2.45, 2.75) is 97.6 Å². The normalized spacial score (nSPS) is 30.0. The Kier molecular flexibility index (Phi) is 22.0. The Morgan fingerprint density at radius 3 is 2.30 bits per heavy atom. The van der Waals surface area contributed by atoms with Crippen molar-refractivity contribution in [3.05, 3.63) is 12.2 Å². The lowest BCUT2D eigenvalue weighted by molar-refractivity contribution is 0.00300. The molecular weight excluding hydrogens is 496 g/mol. The van der Waals surface area contributed by atoms with Gasteiger partial charge in [-0.3, -0.25) is 0 Å². The zero-order chi connectivity index (χ0) is 23.1. The summed E-state index contributed by atoms with van der Waals surface area (Å²) in [5, 5.41) is 13.6. The average molecular weight is 557 g/mol. The molecule has 0 aromatic rings. The smallest absolute Gasteiger partial charge is 0.0616 e. The van der Waals surface area contributed by atoms with Gasteiger partial charge in [-0.1, -0.05) is 47.3 Å². The summed E-state index contributed by atoms with van der Waals surface area (Å²) < 4.78 is 6.11. The summed E-state index contributed by atoms with van der Waals surface area (Å²) >= 11 is 6.37. The third-order valence-corrected chi connectivity index (χ3v) is 8.83. The molecule has 0 aromatic heterocycles. The van der Waals surface area contributed by atoms with E-state index in [9.17, 15) is 5.11 Å². The van der Waals surface area contributed by atoms with Gasteiger partial charge in [0.2, 0.25) is 0 Å². The zero-order valence-electron chi connectivity index (χ0n) is 23.1. The Bertz CT molecular complexity index is 587. The van der Waals surface area contributed by atoms with E-state index in [1.807, 2.05) is 0 Å². The number of aliphatic hydroxyl groups is 1. The summed E-state index contributed by atoms with van der Waals surface area (Å²) in [6.07, 6.45) is 12.9. The molecule has 2 aliphatic carbocycles. The quantitative estimate of drug-likeness (QED) is 0.239. The molecule has 1 aliphatic heterocycles. The molecule has 1 saturated carbocycles. The van der Waals surface area contributed by atoms with E-state index in [4.69, 9.17) is 16.3 Å². The van der Waals surface area contributed by atoms with Gasteiger partial charge in [0, 0.05) is 43.6 Å². The van der Waals surface area contributed by atoms with E-state index < -0.39 is 0 Å². The van der Waals surface area contributed by atoms with Crippen molar-refractivity contribution in [3.8, 4) is 0 Å². The third-order valence-electron chi connectivity index (χ3n) is 8.39. The van der Waals surface area contributed by atoms with Gasteiger partial charge in [0.15, 0.2) is 0 Å². The third kappa shape index (κ3) is 12.6. The minimum absolute atomic E-state index is 0. The standard InChI is InChI=1S/C27H49ClN2O2.CH4.4H2O/c1-20(2)26(29-13-15-32-24-7-5-6-21(16-24)18-31)17-30-14-12-25(27(3,4)19-30)22-8-10-23(28)11-9-22;;;;;/h5-6,20-26,29,31H,7-19H2,1-4H3;1H4;4*1H2/t21?,22?,23?,24?,25?,26-;;;;;/m0...../s1. The van der Waals surface area contributed by atoms with Crippen LogP contribution in [0.4, 0.5) is 0 Å². The van der Waals surface area contributed by atoms with Crippen LogP contribution in [0.25, 0.3) is 0 Å². The molecule has 1 heterocycles. The van der Waals surface area contributed by atoms with Gasteiger partial charge in [0.05, 0.1) is 12.7 Å². The Balaban J connectivity index is -0.00000231. The molecule has 10 N–H and O–H groups in total. The van der Waals surface area contributed by atoms with Crippen molar-refractivity contribution in [1.82, 2.24) is 10.2 Å². The van der Waals surface area contributed by atoms with Crippen molar-refractivity contribution in [2.24, 2.45) is 29.1 Å². The first kappa shape index (κ1) is 41.2. The van der Waals surface area contributed by atoms with Crippen LogP contribution in [0.2, 0.25) is 0 Å². The Labute approximate surface area is 231 Å². The molecule has 0 bridgehead atoms. The maximum absolute atomic E-state index is 9.38. The summed E-state index contributed by atoms with van der Waals surface area (Å²) in [5.41, 5.74) is 0.379. The molecular formula is C28H61ClN2O6. The highest BCUT2D eigenvalue weighted by molar-refractivity contribution is 6.20. The predicted molar refractivity (Wildman–Crippen MR) is 156 cm³/mol. The summed E-state index contributed by atoms with van der Waals surface area (Å²) in [4.78, 5) is 2.71. The van der Waals surface area contributed by atoms with Crippen molar-refractivity contribution in [3.63, 3.8) is 0 Å². The summed E-state index contributed by atoms with van der Waals surface area (Å²) in [6.45, 7) is 15.1. The van der Waals surface area contributed by atoms with E-state index in [1.54, 1.807) is 0 Å². The average Bonchev–Trinajstić information content (AvgIpc) is 2.76. The first-order valence-corrected chi connectivity index (χ1v) is 13.7. The lowest BCUT2D eigenvalue weighted by Crippen LogP contribution is -2.53. The van der Waals surface area contributed by atoms with E-state index in [0.29, 0.717) is 22.8 Å². The van der Waals surface area contributed by atoms with Gasteiger partial charge < -0.3 is 42.0 Å². The summed E-state index contributed by atoms with van der Waals surface area (Å²) in [7, 11) is 0. The number of aliphatic hydroxyl groups excluding tert-OH is 1. The Hall–Kier alpha value is -0.290. The highest BCUT2D eigenvalue weighted by Crippen LogP contribution is 2.45. The monoisotopic (exact) mass is 556 g/mol. The highest BCUT2D eigenvalue weighted by atomic mass is 35.5. The van der Waals surface area contributed by atoms with E-state index in [1.165, 1.54) is 45.2 Å². The second-order valence-electron chi connectivity index (χ2n) is 11.8. The van der Waals surface area contributed by atoms with Crippen molar-refractivity contribution in [2.75, 3.05) is 39.4 Å². The molecule has 0 amide bonds. The molecule has 0 radical (unpaired) electrons. The fourth-order valence-electron chi connectivity index (χ4n) is 6.46. The van der Waals surface area contributed by atoms with Crippen LogP contribution in [0.5, 0.6) is 0 Å². The van der Waals surface area contributed by atoms with Gasteiger partial charge in [0.25, 0.3) is 0 Å². The number of hydrogen-bond donors (Lipinski definition) is 2. The number of piperidine rings is 1. The lowest BCUT2D eigenvalue weighted by Gasteiger charge is -2.49. The van der Waals surface area contributed by atoms with Gasteiger partial charge >= 0.3 is 0 Å². The zero-order valence-corrected chi connectivity index (χ0v) is 23.8. The fourth-order valence-corrected chi connectivity index (χ4v) is 6.71. The highest BCUT2D eigenvalue weighted by Gasteiger charge is 2.41. The number of rotatable bonds is 10. The SMILES string of the molecule is C.CC(C)[C@H](CN1CCC(C2CCC(Cl)CC2)C(C)(C)C1)NCCOC1CC=CC(CO)C1.O.O.O.O. The predicted octanol–water partition coefficient (Wildman–Crippen LogP) is 2.43. The number of nitrogens with one attached hydrogen (secondary N) is 1. The van der Waals surface area contributed by atoms with E-state index in [-0.39, 0.29) is 48.0 Å². The Morgan fingerprint density at radius 2 is 1.73 bits per heavy atom. The fraction of sp³-hybridized carbons (Fsp3) is 0.929. The van der Waals surface area contributed by atoms with Gasteiger partial charge in [-0.15, -0.1) is 11.6 Å². The lowest BCUT2D eigenvalue weighted by atomic mass is 9.64. The van der Waals surface area contributed by atoms with Crippen LogP contribution in [-0.2, 0) is 4.74 Å². The maximum atomic E-state index is 9.38. The number of hydrogen-bond acceptors (Lipinski definition) is 4. The van der Waals surface area contributed by atoms with Gasteiger partial charge in [-0.25, -0.2) is 0 Å². The van der Waals surface area contributed by atoms with Crippen LogP contribution < -0.4 is 5.32 Å². The molecule has 4 atom stereocenters. The van der Waals surface area contributed by atoms with Crippen molar-refractivity contribution < 1.29 is 31.7 Å². The summed E-state index contributed by atoms with van der Waals surface area (Å²) in [6, 6.07) is 0.495. The number of nitrogens with zero attached hydrogens (tertiary/aromatic N) is 1. The van der Waals surface area contributed by atoms with Gasteiger partial charge in [-0.2, -0.15) is 0 Å². The van der Waals surface area contributed by atoms with Crippen molar-refractivity contribution in [1.29, 1.82) is 0 Å². The molecule has 1 saturated heterocycles. The van der Waals surface area contributed by atoms with Crippen LogP contribution in [0.15, 0.2) is 12.2 Å². The summed E-state index contributed by atoms with van der Waals surface area (Å²) in [5.74, 6) is 2.58. The molecule has 0 aromatic carbocycles. The topological polar surface area (TPSA) is 171 Å². The molecule has 3 rings (SSSR count). The Morgan fingerprint density at radius 1 is 1.08 bits per heavy atom. The second-order valence-corrected chi connectivity index (χ2v) is 12.4. The molecule has 2 fully saturated rings. The molecule has 9 heteroatoms. The van der Waals surface area contributed by atoms with Gasteiger partial charge in [-0.05, 0) is 74.7 Å². The number of likely N-dealkylation sites (tertiary alicyclic amines) is 1. The first-order valence-electron chi connectivity index (χ1n) is 13.3.